The first-order chi connectivity index (χ1) is 11.2. The van der Waals surface area contributed by atoms with Crippen LogP contribution in [0.1, 0.15) is 32.8 Å². The van der Waals surface area contributed by atoms with Gasteiger partial charge in [-0.3, -0.25) is 9.59 Å². The third kappa shape index (κ3) is 8.28. The Labute approximate surface area is 141 Å². The van der Waals surface area contributed by atoms with E-state index >= 15 is 0 Å². The molecule has 0 spiro atoms. The predicted molar refractivity (Wildman–Crippen MR) is 86.5 cm³/mol. The van der Waals surface area contributed by atoms with Gasteiger partial charge < -0.3 is 19.9 Å². The molecule has 0 aliphatic heterocycles. The Balaban J connectivity index is 2.59. The number of carbonyl (C=O) groups is 3. The molecular formula is C17H23NO6. The van der Waals surface area contributed by atoms with E-state index in [0.717, 1.165) is 5.56 Å². The number of benzene rings is 1. The molecule has 0 heterocycles. The van der Waals surface area contributed by atoms with Crippen molar-refractivity contribution >= 4 is 17.8 Å². The largest absolute Gasteiger partial charge is 0.481 e. The summed E-state index contributed by atoms with van der Waals surface area (Å²) in [5, 5.41) is 11.1. The minimum absolute atomic E-state index is 0.0483. The number of amides is 1. The number of carbonyl (C=O) groups excluding carboxylic acids is 2. The fourth-order valence-electron chi connectivity index (χ4n) is 1.73. The third-order valence-electron chi connectivity index (χ3n) is 2.90. The molecule has 0 aliphatic rings. The molecule has 132 valence electrons. The van der Waals surface area contributed by atoms with Gasteiger partial charge in [-0.15, -0.1) is 0 Å². The Morgan fingerprint density at radius 1 is 1.17 bits per heavy atom. The van der Waals surface area contributed by atoms with Crippen LogP contribution in [0.2, 0.25) is 0 Å². The number of rotatable bonds is 8. The summed E-state index contributed by atoms with van der Waals surface area (Å²) in [6, 6.07) is 7.98. The molecule has 1 aromatic rings. The lowest BCUT2D eigenvalue weighted by atomic mass is 10.1. The van der Waals surface area contributed by atoms with E-state index in [9.17, 15) is 14.4 Å². The van der Waals surface area contributed by atoms with Gasteiger partial charge in [-0.1, -0.05) is 30.3 Å². The van der Waals surface area contributed by atoms with Crippen LogP contribution in [0.4, 0.5) is 4.79 Å². The van der Waals surface area contributed by atoms with E-state index in [0.29, 0.717) is 0 Å². The topological polar surface area (TPSA) is 102 Å². The van der Waals surface area contributed by atoms with Gasteiger partial charge >= 0.3 is 12.1 Å². The standard InChI is InChI=1S/C17H23NO6/c1-17(2,3)24-11-13(14(19)9-15(20)21)18-16(22)23-10-12-7-5-4-6-8-12/h4-8,13H,9-11H2,1-3H3,(H,18,22)(H,20,21)/t13-/m0/s1. The van der Waals surface area contributed by atoms with Crippen molar-refractivity contribution in [1.82, 2.24) is 5.32 Å². The van der Waals surface area contributed by atoms with Gasteiger partial charge in [0.15, 0.2) is 5.78 Å². The molecule has 24 heavy (non-hydrogen) atoms. The van der Waals surface area contributed by atoms with Gasteiger partial charge in [0, 0.05) is 0 Å². The number of carboxylic acids is 1. The number of ether oxygens (including phenoxy) is 2. The Bertz CT molecular complexity index is 564. The van der Waals surface area contributed by atoms with Crippen LogP contribution in [0.25, 0.3) is 0 Å². The predicted octanol–water partition coefficient (Wildman–Crippen LogP) is 2.14. The zero-order valence-electron chi connectivity index (χ0n) is 14.1. The van der Waals surface area contributed by atoms with Gasteiger partial charge in [-0.25, -0.2) is 4.79 Å². The van der Waals surface area contributed by atoms with Gasteiger partial charge in [0.2, 0.25) is 0 Å². The van der Waals surface area contributed by atoms with Crippen LogP contribution >= 0.6 is 0 Å². The SMILES string of the molecule is CC(C)(C)OC[C@H](NC(=O)OCc1ccccc1)C(=O)CC(=O)O. The number of ketones is 1. The first kappa shape index (κ1) is 19.6. The summed E-state index contributed by atoms with van der Waals surface area (Å²) in [5.41, 5.74) is 0.268. The summed E-state index contributed by atoms with van der Waals surface area (Å²) in [6.45, 7) is 5.29. The summed E-state index contributed by atoms with van der Waals surface area (Å²) in [6.07, 6.45) is -1.50. The number of hydrogen-bond donors (Lipinski definition) is 2. The normalized spacial score (nSPS) is 12.3. The Kier molecular flexibility index (Phi) is 7.38. The molecule has 0 aliphatic carbocycles. The lowest BCUT2D eigenvalue weighted by Crippen LogP contribution is -2.46. The van der Waals surface area contributed by atoms with E-state index in [4.69, 9.17) is 14.6 Å². The summed E-state index contributed by atoms with van der Waals surface area (Å²) >= 11 is 0. The quantitative estimate of drug-likeness (QED) is 0.705. The molecule has 1 aromatic carbocycles. The van der Waals surface area contributed by atoms with Crippen molar-refractivity contribution in [3.8, 4) is 0 Å². The number of nitrogens with one attached hydrogen (secondary N) is 1. The highest BCUT2D eigenvalue weighted by Gasteiger charge is 2.25. The molecule has 7 heteroatoms. The second-order valence-corrected chi connectivity index (χ2v) is 6.22. The first-order valence-corrected chi connectivity index (χ1v) is 7.53. The fourth-order valence-corrected chi connectivity index (χ4v) is 1.73. The van der Waals surface area contributed by atoms with Crippen molar-refractivity contribution in [2.24, 2.45) is 0 Å². The van der Waals surface area contributed by atoms with E-state index in [1.54, 1.807) is 32.9 Å². The summed E-state index contributed by atoms with van der Waals surface area (Å²) in [5.74, 6) is -1.91. The van der Waals surface area contributed by atoms with Crippen molar-refractivity contribution in [1.29, 1.82) is 0 Å². The molecule has 0 radical (unpaired) electrons. The van der Waals surface area contributed by atoms with Gasteiger partial charge in [0.1, 0.15) is 19.1 Å². The Hall–Kier alpha value is -2.41. The molecule has 0 saturated carbocycles. The molecule has 0 saturated heterocycles. The zero-order chi connectivity index (χ0) is 18.2. The summed E-state index contributed by atoms with van der Waals surface area (Å²) in [4.78, 5) is 34.5. The maximum Gasteiger partial charge on any atom is 0.408 e. The second-order valence-electron chi connectivity index (χ2n) is 6.22. The third-order valence-corrected chi connectivity index (χ3v) is 2.90. The van der Waals surface area contributed by atoms with E-state index in [1.807, 2.05) is 18.2 Å². The van der Waals surface area contributed by atoms with Crippen molar-refractivity contribution in [2.75, 3.05) is 6.61 Å². The average molecular weight is 337 g/mol. The molecule has 1 amide bonds. The number of hydrogen-bond acceptors (Lipinski definition) is 5. The maximum atomic E-state index is 11.9. The maximum absolute atomic E-state index is 11.9. The summed E-state index contributed by atoms with van der Waals surface area (Å²) < 4.78 is 10.5. The number of alkyl carbamates (subject to hydrolysis) is 1. The monoisotopic (exact) mass is 337 g/mol. The summed E-state index contributed by atoms with van der Waals surface area (Å²) in [7, 11) is 0. The molecule has 0 bridgehead atoms. The lowest BCUT2D eigenvalue weighted by Gasteiger charge is -2.24. The number of carboxylic acid groups (broad SMARTS) is 1. The van der Waals surface area contributed by atoms with Crippen LogP contribution in [0.15, 0.2) is 30.3 Å². The minimum Gasteiger partial charge on any atom is -0.481 e. The van der Waals surface area contributed by atoms with Crippen molar-refractivity contribution < 1.29 is 29.0 Å². The fraction of sp³-hybridized carbons (Fsp3) is 0.471. The molecule has 0 unspecified atom stereocenters. The zero-order valence-corrected chi connectivity index (χ0v) is 14.1. The Morgan fingerprint density at radius 2 is 1.79 bits per heavy atom. The van der Waals surface area contributed by atoms with Gasteiger partial charge in [0.25, 0.3) is 0 Å². The molecule has 0 fully saturated rings. The highest BCUT2D eigenvalue weighted by molar-refractivity contribution is 5.99. The first-order valence-electron chi connectivity index (χ1n) is 7.53. The smallest absolute Gasteiger partial charge is 0.408 e. The lowest BCUT2D eigenvalue weighted by molar-refractivity contribution is -0.141. The molecule has 2 N–H and O–H groups in total. The van der Waals surface area contributed by atoms with Crippen molar-refractivity contribution in [3.05, 3.63) is 35.9 Å². The van der Waals surface area contributed by atoms with Crippen LogP contribution in [-0.2, 0) is 25.7 Å². The number of aliphatic carboxylic acids is 1. The van der Waals surface area contributed by atoms with Crippen LogP contribution in [0.3, 0.4) is 0 Å². The van der Waals surface area contributed by atoms with Gasteiger partial charge in [0.05, 0.1) is 12.2 Å². The van der Waals surface area contributed by atoms with Crippen LogP contribution < -0.4 is 5.32 Å². The molecule has 1 atom stereocenters. The van der Waals surface area contributed by atoms with Crippen LogP contribution in [0, 0.1) is 0 Å². The average Bonchev–Trinajstić information content (AvgIpc) is 2.48. The number of Topliss-reactive ketones (excluding diaryl/α,β-unsaturated/α-hetero) is 1. The van der Waals surface area contributed by atoms with Gasteiger partial charge in [-0.05, 0) is 26.3 Å². The van der Waals surface area contributed by atoms with E-state index in [1.165, 1.54) is 0 Å². The van der Waals surface area contributed by atoms with Crippen LogP contribution in [0.5, 0.6) is 0 Å². The molecule has 0 aromatic heterocycles. The van der Waals surface area contributed by atoms with Gasteiger partial charge in [-0.2, -0.15) is 0 Å². The van der Waals surface area contributed by atoms with Crippen LogP contribution in [-0.4, -0.2) is 41.2 Å². The Morgan fingerprint density at radius 3 is 2.33 bits per heavy atom. The van der Waals surface area contributed by atoms with E-state index < -0.39 is 35.9 Å². The molecule has 7 nitrogen and oxygen atoms in total. The van der Waals surface area contributed by atoms with Crippen molar-refractivity contribution in [3.63, 3.8) is 0 Å². The van der Waals surface area contributed by atoms with Crippen molar-refractivity contribution in [2.45, 2.75) is 45.4 Å². The minimum atomic E-state index is -1.26. The highest BCUT2D eigenvalue weighted by atomic mass is 16.5. The second kappa shape index (κ2) is 9.02. The highest BCUT2D eigenvalue weighted by Crippen LogP contribution is 2.08. The van der Waals surface area contributed by atoms with E-state index in [-0.39, 0.29) is 13.2 Å². The van der Waals surface area contributed by atoms with E-state index in [2.05, 4.69) is 5.32 Å². The molecule has 1 rings (SSSR count). The molecular weight excluding hydrogens is 314 g/mol.